The number of carbonyl (C=O) groups is 2. The van der Waals surface area contributed by atoms with Crippen molar-refractivity contribution in [2.75, 3.05) is 26.4 Å². The summed E-state index contributed by atoms with van der Waals surface area (Å²) in [5, 5.41) is 3.12. The zero-order valence-corrected chi connectivity index (χ0v) is 18.9. The molecule has 0 radical (unpaired) electrons. The van der Waals surface area contributed by atoms with Gasteiger partial charge < -0.3 is 14.8 Å². The number of hydrogen-bond acceptors (Lipinski definition) is 4. The third-order valence-electron chi connectivity index (χ3n) is 6.27. The van der Waals surface area contributed by atoms with Crippen LogP contribution in [0.4, 0.5) is 0 Å². The van der Waals surface area contributed by atoms with Gasteiger partial charge in [0, 0.05) is 36.3 Å². The van der Waals surface area contributed by atoms with E-state index in [0.717, 1.165) is 24.2 Å². The first kappa shape index (κ1) is 22.7. The summed E-state index contributed by atoms with van der Waals surface area (Å²) in [6.07, 6.45) is 1.62. The van der Waals surface area contributed by atoms with Gasteiger partial charge in [-0.05, 0) is 43.5 Å². The topological polar surface area (TPSA) is 64.6 Å². The summed E-state index contributed by atoms with van der Waals surface area (Å²) < 4.78 is 11.2. The Morgan fingerprint density at radius 1 is 0.879 bits per heavy atom. The molecule has 5 nitrogen and oxygen atoms in total. The van der Waals surface area contributed by atoms with Crippen molar-refractivity contribution in [3.8, 4) is 5.75 Å². The number of nitrogens with one attached hydrogen (secondary N) is 1. The SMILES string of the molecule is CCOc1ccc(C2(CNC(=O)c3ccccc3C(=O)c3ccccc3)CCOCC2)cc1. The van der Waals surface area contributed by atoms with Gasteiger partial charge in [-0.2, -0.15) is 0 Å². The van der Waals surface area contributed by atoms with E-state index in [0.29, 0.717) is 43.1 Å². The third-order valence-corrected chi connectivity index (χ3v) is 6.27. The highest BCUT2D eigenvalue weighted by molar-refractivity contribution is 6.15. The molecule has 0 unspecified atom stereocenters. The normalized spacial score (nSPS) is 14.9. The minimum Gasteiger partial charge on any atom is -0.494 e. The van der Waals surface area contributed by atoms with Crippen molar-refractivity contribution in [2.24, 2.45) is 0 Å². The fraction of sp³-hybridized carbons (Fsp3) is 0.286. The summed E-state index contributed by atoms with van der Waals surface area (Å²) >= 11 is 0. The monoisotopic (exact) mass is 443 g/mol. The molecule has 1 aliphatic heterocycles. The highest BCUT2D eigenvalue weighted by Gasteiger charge is 2.35. The first-order chi connectivity index (χ1) is 16.1. The van der Waals surface area contributed by atoms with Crippen LogP contribution in [0.15, 0.2) is 78.9 Å². The number of ether oxygens (including phenoxy) is 2. The minimum absolute atomic E-state index is 0.159. The molecule has 0 bridgehead atoms. The highest BCUT2D eigenvalue weighted by atomic mass is 16.5. The van der Waals surface area contributed by atoms with E-state index in [1.54, 1.807) is 36.4 Å². The van der Waals surface area contributed by atoms with Crippen molar-refractivity contribution >= 4 is 11.7 Å². The zero-order valence-electron chi connectivity index (χ0n) is 18.9. The third kappa shape index (κ3) is 5.15. The van der Waals surface area contributed by atoms with Gasteiger partial charge in [0.15, 0.2) is 5.78 Å². The van der Waals surface area contributed by atoms with Gasteiger partial charge >= 0.3 is 0 Å². The molecule has 1 fully saturated rings. The quantitative estimate of drug-likeness (QED) is 0.508. The first-order valence-corrected chi connectivity index (χ1v) is 11.4. The largest absolute Gasteiger partial charge is 0.494 e. The molecule has 0 aliphatic carbocycles. The molecule has 3 aromatic carbocycles. The van der Waals surface area contributed by atoms with Crippen molar-refractivity contribution in [2.45, 2.75) is 25.2 Å². The lowest BCUT2D eigenvalue weighted by Crippen LogP contribution is -2.44. The van der Waals surface area contributed by atoms with Crippen LogP contribution in [0.1, 0.15) is 51.6 Å². The van der Waals surface area contributed by atoms with E-state index in [2.05, 4.69) is 17.4 Å². The van der Waals surface area contributed by atoms with Crippen LogP contribution in [0, 0.1) is 0 Å². The predicted molar refractivity (Wildman–Crippen MR) is 128 cm³/mol. The van der Waals surface area contributed by atoms with E-state index in [9.17, 15) is 9.59 Å². The summed E-state index contributed by atoms with van der Waals surface area (Å²) in [5.41, 5.74) is 2.29. The van der Waals surface area contributed by atoms with Crippen molar-refractivity contribution in [3.05, 3.63) is 101 Å². The lowest BCUT2D eigenvalue weighted by molar-refractivity contribution is 0.0487. The van der Waals surface area contributed by atoms with E-state index in [-0.39, 0.29) is 17.1 Å². The number of hydrogen-bond donors (Lipinski definition) is 1. The number of amides is 1. The lowest BCUT2D eigenvalue weighted by atomic mass is 9.74. The van der Waals surface area contributed by atoms with E-state index < -0.39 is 0 Å². The van der Waals surface area contributed by atoms with Gasteiger partial charge in [-0.25, -0.2) is 0 Å². The predicted octanol–water partition coefficient (Wildman–Crippen LogP) is 4.79. The molecule has 170 valence electrons. The standard InChI is InChI=1S/C28H29NO4/c1-2-33-23-14-12-22(13-15-23)28(16-18-32-19-17-28)20-29-27(31)25-11-7-6-10-24(25)26(30)21-8-4-3-5-9-21/h3-15H,2,16-20H2,1H3,(H,29,31). The molecular weight excluding hydrogens is 414 g/mol. The Hall–Kier alpha value is -3.44. The molecule has 5 heteroatoms. The molecule has 0 spiro atoms. The second-order valence-corrected chi connectivity index (χ2v) is 8.27. The molecule has 3 aromatic rings. The number of ketones is 1. The van der Waals surface area contributed by atoms with Gasteiger partial charge in [-0.15, -0.1) is 0 Å². The summed E-state index contributed by atoms with van der Waals surface area (Å²) in [6, 6.07) is 24.1. The van der Waals surface area contributed by atoms with Crippen LogP contribution in [-0.4, -0.2) is 38.1 Å². The van der Waals surface area contributed by atoms with Crippen LogP contribution in [0.3, 0.4) is 0 Å². The molecule has 0 saturated carbocycles. The average molecular weight is 444 g/mol. The molecule has 33 heavy (non-hydrogen) atoms. The van der Waals surface area contributed by atoms with Crippen LogP contribution in [0.25, 0.3) is 0 Å². The fourth-order valence-corrected chi connectivity index (χ4v) is 4.37. The Kier molecular flexibility index (Phi) is 7.20. The van der Waals surface area contributed by atoms with Crippen molar-refractivity contribution in [1.29, 1.82) is 0 Å². The second-order valence-electron chi connectivity index (χ2n) is 8.27. The summed E-state index contributed by atoms with van der Waals surface area (Å²) in [6.45, 7) is 4.34. The Bertz CT molecular complexity index is 1090. The van der Waals surface area contributed by atoms with Gasteiger partial charge in [0.1, 0.15) is 5.75 Å². The Balaban J connectivity index is 1.55. The van der Waals surface area contributed by atoms with Gasteiger partial charge in [-0.3, -0.25) is 9.59 Å². The first-order valence-electron chi connectivity index (χ1n) is 11.4. The van der Waals surface area contributed by atoms with E-state index in [1.807, 2.05) is 37.3 Å². The minimum atomic E-state index is -0.244. The van der Waals surface area contributed by atoms with Crippen molar-refractivity contribution in [1.82, 2.24) is 5.32 Å². The molecular formula is C28H29NO4. The lowest BCUT2D eigenvalue weighted by Gasteiger charge is -2.38. The van der Waals surface area contributed by atoms with E-state index in [1.165, 1.54) is 0 Å². The van der Waals surface area contributed by atoms with E-state index >= 15 is 0 Å². The number of benzene rings is 3. The van der Waals surface area contributed by atoms with Crippen LogP contribution < -0.4 is 10.1 Å². The molecule has 0 aromatic heterocycles. The average Bonchev–Trinajstić information content (AvgIpc) is 2.88. The number of rotatable bonds is 8. The summed E-state index contributed by atoms with van der Waals surface area (Å²) in [4.78, 5) is 26.3. The van der Waals surface area contributed by atoms with Gasteiger partial charge in [0.2, 0.25) is 0 Å². The molecule has 1 saturated heterocycles. The van der Waals surface area contributed by atoms with Gasteiger partial charge in [0.05, 0.1) is 12.2 Å². The fourth-order valence-electron chi connectivity index (χ4n) is 4.37. The van der Waals surface area contributed by atoms with Crippen LogP contribution >= 0.6 is 0 Å². The summed E-state index contributed by atoms with van der Waals surface area (Å²) in [7, 11) is 0. The Morgan fingerprint density at radius 2 is 1.52 bits per heavy atom. The number of carbonyl (C=O) groups excluding carboxylic acids is 2. The molecule has 1 N–H and O–H groups in total. The molecule has 1 amide bonds. The summed E-state index contributed by atoms with van der Waals surface area (Å²) in [5.74, 6) is 0.432. The van der Waals surface area contributed by atoms with Crippen molar-refractivity contribution < 1.29 is 19.1 Å². The maximum absolute atomic E-state index is 13.2. The van der Waals surface area contributed by atoms with Gasteiger partial charge in [-0.1, -0.05) is 60.7 Å². The Labute approximate surface area is 194 Å². The Morgan fingerprint density at radius 3 is 2.18 bits per heavy atom. The van der Waals surface area contributed by atoms with Crippen molar-refractivity contribution in [3.63, 3.8) is 0 Å². The van der Waals surface area contributed by atoms with Crippen LogP contribution in [0.2, 0.25) is 0 Å². The molecule has 1 heterocycles. The van der Waals surface area contributed by atoms with Crippen LogP contribution in [-0.2, 0) is 10.2 Å². The smallest absolute Gasteiger partial charge is 0.252 e. The molecule has 1 aliphatic rings. The highest BCUT2D eigenvalue weighted by Crippen LogP contribution is 2.35. The second kappa shape index (κ2) is 10.5. The zero-order chi connectivity index (χ0) is 23.1. The van der Waals surface area contributed by atoms with Crippen LogP contribution in [0.5, 0.6) is 5.75 Å². The molecule has 4 rings (SSSR count). The molecule has 0 atom stereocenters. The maximum Gasteiger partial charge on any atom is 0.252 e. The van der Waals surface area contributed by atoms with Gasteiger partial charge in [0.25, 0.3) is 5.91 Å². The van der Waals surface area contributed by atoms with E-state index in [4.69, 9.17) is 9.47 Å². The maximum atomic E-state index is 13.2.